The fraction of sp³-hybridized carbons (Fsp3) is 0.0769. The highest BCUT2D eigenvalue weighted by Crippen LogP contribution is 2.23. The van der Waals surface area contributed by atoms with Gasteiger partial charge in [0.05, 0.1) is 22.9 Å². The molecule has 1 aromatic rings. The van der Waals surface area contributed by atoms with Crippen molar-refractivity contribution in [2.24, 2.45) is 0 Å². The van der Waals surface area contributed by atoms with Gasteiger partial charge < -0.3 is 5.32 Å². The van der Waals surface area contributed by atoms with Crippen molar-refractivity contribution in [3.63, 3.8) is 0 Å². The van der Waals surface area contributed by atoms with Crippen molar-refractivity contribution in [2.75, 3.05) is 11.9 Å². The third kappa shape index (κ3) is 2.10. The van der Waals surface area contributed by atoms with Gasteiger partial charge in [-0.25, -0.2) is 0 Å². The molecule has 1 rings (SSSR count). The Morgan fingerprint density at radius 3 is 2.50 bits per heavy atom. The zero-order chi connectivity index (χ0) is 12.0. The monoisotopic (exact) mass is 209 g/mol. The number of hydrogen-bond donors (Lipinski definition) is 1. The Morgan fingerprint density at radius 2 is 2.00 bits per heavy atom. The van der Waals surface area contributed by atoms with E-state index in [4.69, 9.17) is 10.5 Å². The van der Waals surface area contributed by atoms with E-state index in [0.717, 1.165) is 0 Å². The maximum Gasteiger partial charge on any atom is 0.102 e. The lowest BCUT2D eigenvalue weighted by Crippen LogP contribution is -2.02. The van der Waals surface area contributed by atoms with Gasteiger partial charge in [-0.15, -0.1) is 6.58 Å². The van der Waals surface area contributed by atoms with Gasteiger partial charge in [0.15, 0.2) is 0 Å². The number of nitriles is 2. The van der Waals surface area contributed by atoms with Crippen LogP contribution in [0.5, 0.6) is 0 Å². The van der Waals surface area contributed by atoms with E-state index < -0.39 is 0 Å². The van der Waals surface area contributed by atoms with E-state index >= 15 is 0 Å². The van der Waals surface area contributed by atoms with E-state index in [0.29, 0.717) is 28.9 Å². The highest BCUT2D eigenvalue weighted by Gasteiger charge is 2.09. The van der Waals surface area contributed by atoms with Crippen molar-refractivity contribution in [3.05, 3.63) is 48.1 Å². The Kier molecular flexibility index (Phi) is 3.89. The summed E-state index contributed by atoms with van der Waals surface area (Å²) in [6.45, 7) is 7.78. The normalized spacial score (nSPS) is 8.62. The summed E-state index contributed by atoms with van der Waals surface area (Å²) in [6.07, 6.45) is 3.23. The molecule has 78 valence electrons. The largest absolute Gasteiger partial charge is 0.380 e. The van der Waals surface area contributed by atoms with Crippen LogP contribution in [0.1, 0.15) is 16.7 Å². The maximum absolute atomic E-state index is 9.08. The number of nitrogens with one attached hydrogen (secondary N) is 1. The molecular formula is C13H11N3. The average Bonchev–Trinajstić information content (AvgIpc) is 2.34. The zero-order valence-corrected chi connectivity index (χ0v) is 8.83. The third-order valence-electron chi connectivity index (χ3n) is 2.12. The molecule has 0 atom stereocenters. The molecule has 3 heteroatoms. The lowest BCUT2D eigenvalue weighted by molar-refractivity contribution is 1.32. The van der Waals surface area contributed by atoms with E-state index in [1.165, 1.54) is 6.08 Å². The number of anilines is 1. The Bertz CT molecular complexity index is 501. The minimum absolute atomic E-state index is 0.441. The summed E-state index contributed by atoms with van der Waals surface area (Å²) in [7, 11) is 0. The van der Waals surface area contributed by atoms with Gasteiger partial charge >= 0.3 is 0 Å². The number of nitrogens with zero attached hydrogens (tertiary/aromatic N) is 2. The Hall–Kier alpha value is -2.52. The minimum atomic E-state index is 0.441. The Morgan fingerprint density at radius 1 is 1.25 bits per heavy atom. The van der Waals surface area contributed by atoms with Crippen LogP contribution < -0.4 is 5.32 Å². The molecule has 16 heavy (non-hydrogen) atoms. The Balaban J connectivity index is 3.34. The molecule has 0 saturated carbocycles. The molecule has 0 heterocycles. The fourth-order valence-electron chi connectivity index (χ4n) is 1.38. The van der Waals surface area contributed by atoms with Gasteiger partial charge in [0, 0.05) is 12.1 Å². The van der Waals surface area contributed by atoms with Crippen LogP contribution in [-0.4, -0.2) is 6.54 Å². The van der Waals surface area contributed by atoms with E-state index in [1.807, 2.05) is 6.07 Å². The summed E-state index contributed by atoms with van der Waals surface area (Å²) in [5, 5.41) is 21.0. The van der Waals surface area contributed by atoms with Gasteiger partial charge in [-0.05, 0) is 12.1 Å². The van der Waals surface area contributed by atoms with Gasteiger partial charge in [-0.3, -0.25) is 0 Å². The lowest BCUT2D eigenvalue weighted by atomic mass is 10.0. The van der Waals surface area contributed by atoms with Crippen LogP contribution in [0.25, 0.3) is 6.08 Å². The van der Waals surface area contributed by atoms with E-state index in [1.54, 1.807) is 18.2 Å². The van der Waals surface area contributed by atoms with Crippen LogP contribution in [0.3, 0.4) is 0 Å². The molecule has 0 bridgehead atoms. The molecule has 0 aliphatic heterocycles. The summed E-state index contributed by atoms with van der Waals surface area (Å²) in [5.74, 6) is 0. The van der Waals surface area contributed by atoms with Crippen molar-refractivity contribution in [1.82, 2.24) is 0 Å². The quantitative estimate of drug-likeness (QED) is 0.775. The SMILES string of the molecule is C=CCNc1ccc(C#N)c(C=C)c1C#N. The van der Waals surface area contributed by atoms with Crippen molar-refractivity contribution in [2.45, 2.75) is 0 Å². The number of rotatable bonds is 4. The van der Waals surface area contributed by atoms with Gasteiger partial charge in [0.1, 0.15) is 6.07 Å². The molecule has 0 radical (unpaired) electrons. The predicted molar refractivity (Wildman–Crippen MR) is 64.6 cm³/mol. The first-order valence-corrected chi connectivity index (χ1v) is 4.72. The predicted octanol–water partition coefficient (Wildman–Crippen LogP) is 2.67. The molecule has 0 amide bonds. The second-order valence-electron chi connectivity index (χ2n) is 3.05. The van der Waals surface area contributed by atoms with Crippen LogP contribution >= 0.6 is 0 Å². The minimum Gasteiger partial charge on any atom is -0.380 e. The number of hydrogen-bond acceptors (Lipinski definition) is 3. The molecule has 0 spiro atoms. The highest BCUT2D eigenvalue weighted by molar-refractivity contribution is 5.73. The molecule has 0 saturated heterocycles. The summed E-state index contributed by atoms with van der Waals surface area (Å²) < 4.78 is 0. The fourth-order valence-corrected chi connectivity index (χ4v) is 1.38. The van der Waals surface area contributed by atoms with Crippen LogP contribution in [0.2, 0.25) is 0 Å². The van der Waals surface area contributed by atoms with Crippen LogP contribution in [-0.2, 0) is 0 Å². The standard InChI is InChI=1S/C13H11N3/c1-3-7-16-13-6-5-10(8-14)11(4-2)12(13)9-15/h3-6,16H,1-2,7H2. The van der Waals surface area contributed by atoms with Gasteiger partial charge in [0.2, 0.25) is 0 Å². The third-order valence-corrected chi connectivity index (χ3v) is 2.12. The van der Waals surface area contributed by atoms with Crippen LogP contribution in [0.4, 0.5) is 5.69 Å². The van der Waals surface area contributed by atoms with Gasteiger partial charge in [0.25, 0.3) is 0 Å². The second kappa shape index (κ2) is 5.38. The van der Waals surface area contributed by atoms with Crippen LogP contribution in [0.15, 0.2) is 31.4 Å². The van der Waals surface area contributed by atoms with Gasteiger partial charge in [-0.1, -0.05) is 18.7 Å². The first-order valence-electron chi connectivity index (χ1n) is 4.72. The van der Waals surface area contributed by atoms with Gasteiger partial charge in [-0.2, -0.15) is 10.5 Å². The molecule has 0 aromatic heterocycles. The Labute approximate surface area is 94.9 Å². The van der Waals surface area contributed by atoms with E-state index in [9.17, 15) is 0 Å². The van der Waals surface area contributed by atoms with Crippen molar-refractivity contribution >= 4 is 11.8 Å². The van der Waals surface area contributed by atoms with E-state index in [2.05, 4.69) is 24.5 Å². The van der Waals surface area contributed by atoms with Crippen molar-refractivity contribution in [1.29, 1.82) is 10.5 Å². The summed E-state index contributed by atoms with van der Waals surface area (Å²) in [6, 6.07) is 7.50. The highest BCUT2D eigenvalue weighted by atomic mass is 14.9. The van der Waals surface area contributed by atoms with Crippen LogP contribution in [0, 0.1) is 22.7 Å². The summed E-state index contributed by atoms with van der Waals surface area (Å²) >= 11 is 0. The van der Waals surface area contributed by atoms with Crippen molar-refractivity contribution < 1.29 is 0 Å². The summed E-state index contributed by atoms with van der Waals surface area (Å²) in [5.41, 5.74) is 2.15. The molecule has 1 N–H and O–H groups in total. The first kappa shape index (κ1) is 11.6. The summed E-state index contributed by atoms with van der Waals surface area (Å²) in [4.78, 5) is 0. The lowest BCUT2D eigenvalue weighted by Gasteiger charge is -2.09. The molecule has 0 aliphatic carbocycles. The molecular weight excluding hydrogens is 198 g/mol. The molecule has 3 nitrogen and oxygen atoms in total. The molecule has 0 unspecified atom stereocenters. The average molecular weight is 209 g/mol. The molecule has 0 fully saturated rings. The maximum atomic E-state index is 9.08. The van der Waals surface area contributed by atoms with E-state index in [-0.39, 0.29) is 0 Å². The molecule has 0 aliphatic rings. The molecule has 1 aromatic carbocycles. The van der Waals surface area contributed by atoms with Crippen molar-refractivity contribution in [3.8, 4) is 12.1 Å². The zero-order valence-electron chi connectivity index (χ0n) is 8.83. The second-order valence-corrected chi connectivity index (χ2v) is 3.05. The topological polar surface area (TPSA) is 59.6 Å². The number of benzene rings is 1. The first-order chi connectivity index (χ1) is 7.78. The smallest absolute Gasteiger partial charge is 0.102 e.